The largest absolute Gasteiger partial charge is 0.480 e. The van der Waals surface area contributed by atoms with Crippen LogP contribution in [0.5, 0.6) is 0 Å². The number of hydrogen-bond acceptors (Lipinski definition) is 3. The van der Waals surface area contributed by atoms with Gasteiger partial charge in [-0.3, -0.25) is 9.59 Å². The van der Waals surface area contributed by atoms with Crippen molar-refractivity contribution in [2.75, 3.05) is 12.3 Å². The number of aryl methyl sites for hydroxylation is 1. The van der Waals surface area contributed by atoms with Crippen LogP contribution >= 0.6 is 11.8 Å². The Hall–Kier alpha value is -1.49. The molecule has 0 spiro atoms. The van der Waals surface area contributed by atoms with E-state index in [0.29, 0.717) is 5.75 Å². The Bertz CT molecular complexity index is 444. The highest BCUT2D eigenvalue weighted by Crippen LogP contribution is 2.38. The molecule has 1 aliphatic heterocycles. The highest BCUT2D eigenvalue weighted by Gasteiger charge is 2.33. The van der Waals surface area contributed by atoms with Crippen molar-refractivity contribution in [2.24, 2.45) is 0 Å². The van der Waals surface area contributed by atoms with Gasteiger partial charge in [-0.05, 0) is 12.5 Å². The minimum Gasteiger partial charge on any atom is -0.480 e. The number of amides is 1. The van der Waals surface area contributed by atoms with Gasteiger partial charge >= 0.3 is 5.97 Å². The van der Waals surface area contributed by atoms with Crippen LogP contribution in [-0.4, -0.2) is 34.2 Å². The molecular weight excluding hydrogens is 238 g/mol. The first kappa shape index (κ1) is 12.0. The van der Waals surface area contributed by atoms with E-state index in [-0.39, 0.29) is 17.8 Å². The zero-order valence-electron chi connectivity index (χ0n) is 9.42. The third-order valence-corrected chi connectivity index (χ3v) is 3.89. The Morgan fingerprint density at radius 2 is 2.12 bits per heavy atom. The van der Waals surface area contributed by atoms with E-state index in [1.54, 1.807) is 0 Å². The van der Waals surface area contributed by atoms with Crippen molar-refractivity contribution >= 4 is 23.6 Å². The second kappa shape index (κ2) is 4.79. The molecule has 1 heterocycles. The smallest absolute Gasteiger partial charge is 0.323 e. The summed E-state index contributed by atoms with van der Waals surface area (Å²) in [7, 11) is 0. The van der Waals surface area contributed by atoms with Crippen LogP contribution in [0.2, 0.25) is 0 Å². The quantitative estimate of drug-likeness (QED) is 0.887. The number of carboxylic acid groups (broad SMARTS) is 1. The summed E-state index contributed by atoms with van der Waals surface area (Å²) in [6.07, 6.45) is 0. The van der Waals surface area contributed by atoms with Gasteiger partial charge in [-0.1, -0.05) is 29.8 Å². The van der Waals surface area contributed by atoms with Crippen molar-refractivity contribution in [3.63, 3.8) is 0 Å². The lowest BCUT2D eigenvalue weighted by Crippen LogP contribution is -2.33. The highest BCUT2D eigenvalue weighted by atomic mass is 32.2. The molecule has 1 fully saturated rings. The summed E-state index contributed by atoms with van der Waals surface area (Å²) >= 11 is 1.47. The number of rotatable bonds is 3. The van der Waals surface area contributed by atoms with Crippen LogP contribution in [0.3, 0.4) is 0 Å². The fourth-order valence-electron chi connectivity index (χ4n) is 1.78. The van der Waals surface area contributed by atoms with E-state index in [4.69, 9.17) is 5.11 Å². The molecule has 1 unspecified atom stereocenters. The van der Waals surface area contributed by atoms with Gasteiger partial charge in [0, 0.05) is 0 Å². The van der Waals surface area contributed by atoms with E-state index in [2.05, 4.69) is 0 Å². The Balaban J connectivity index is 2.22. The summed E-state index contributed by atoms with van der Waals surface area (Å²) in [5.74, 6) is -0.729. The second-order valence-electron chi connectivity index (χ2n) is 3.99. The molecule has 1 amide bonds. The summed E-state index contributed by atoms with van der Waals surface area (Å²) in [6.45, 7) is 1.76. The maximum absolute atomic E-state index is 11.6. The van der Waals surface area contributed by atoms with Gasteiger partial charge in [-0.2, -0.15) is 0 Å². The lowest BCUT2D eigenvalue weighted by Gasteiger charge is -2.22. The Kier molecular flexibility index (Phi) is 3.38. The van der Waals surface area contributed by atoms with Crippen molar-refractivity contribution in [3.8, 4) is 0 Å². The molecule has 1 atom stereocenters. The molecule has 90 valence electrons. The average molecular weight is 251 g/mol. The van der Waals surface area contributed by atoms with Gasteiger partial charge in [-0.25, -0.2) is 0 Å². The zero-order chi connectivity index (χ0) is 12.4. The third kappa shape index (κ3) is 2.61. The fraction of sp³-hybridized carbons (Fsp3) is 0.333. The first-order chi connectivity index (χ1) is 8.08. The molecule has 0 aromatic heterocycles. The second-order valence-corrected chi connectivity index (χ2v) is 5.06. The molecule has 0 saturated carbocycles. The van der Waals surface area contributed by atoms with Crippen molar-refractivity contribution in [1.29, 1.82) is 0 Å². The fourth-order valence-corrected chi connectivity index (χ4v) is 2.97. The van der Waals surface area contributed by atoms with Gasteiger partial charge < -0.3 is 10.0 Å². The van der Waals surface area contributed by atoms with Gasteiger partial charge in [-0.15, -0.1) is 11.8 Å². The minimum atomic E-state index is -0.974. The maximum Gasteiger partial charge on any atom is 0.323 e. The van der Waals surface area contributed by atoms with Crippen LogP contribution < -0.4 is 0 Å². The highest BCUT2D eigenvalue weighted by molar-refractivity contribution is 8.00. The van der Waals surface area contributed by atoms with E-state index in [1.807, 2.05) is 31.2 Å². The number of carbonyl (C=O) groups excluding carboxylic acids is 1. The number of thioether (sulfide) groups is 1. The van der Waals surface area contributed by atoms with Gasteiger partial charge in [0.15, 0.2) is 0 Å². The Morgan fingerprint density at radius 3 is 2.71 bits per heavy atom. The van der Waals surface area contributed by atoms with Crippen LogP contribution in [0.4, 0.5) is 0 Å². The number of aliphatic carboxylic acids is 1. The van der Waals surface area contributed by atoms with Gasteiger partial charge in [0.25, 0.3) is 0 Å². The average Bonchev–Trinajstić information content (AvgIpc) is 2.61. The molecule has 1 N–H and O–H groups in total. The number of benzene rings is 1. The predicted molar refractivity (Wildman–Crippen MR) is 65.7 cm³/mol. The summed E-state index contributed by atoms with van der Waals surface area (Å²) < 4.78 is 0. The van der Waals surface area contributed by atoms with Crippen LogP contribution in [-0.2, 0) is 9.59 Å². The van der Waals surface area contributed by atoms with E-state index in [1.165, 1.54) is 16.7 Å². The van der Waals surface area contributed by atoms with E-state index >= 15 is 0 Å². The van der Waals surface area contributed by atoms with Gasteiger partial charge in [0.2, 0.25) is 5.91 Å². The lowest BCUT2D eigenvalue weighted by atomic mass is 10.1. The van der Waals surface area contributed by atoms with Crippen molar-refractivity contribution in [1.82, 2.24) is 4.90 Å². The standard InChI is InChI=1S/C12H13NO3S/c1-8-2-4-9(5-3-8)12-13(6-11(15)16)10(14)7-17-12/h2-5,12H,6-7H2,1H3,(H,15,16). The molecule has 0 aliphatic carbocycles. The van der Waals surface area contributed by atoms with E-state index in [0.717, 1.165) is 11.1 Å². The van der Waals surface area contributed by atoms with Crippen molar-refractivity contribution < 1.29 is 14.7 Å². The molecule has 4 nitrogen and oxygen atoms in total. The number of hydrogen-bond donors (Lipinski definition) is 1. The molecule has 1 saturated heterocycles. The lowest BCUT2D eigenvalue weighted by molar-refractivity contribution is -0.143. The number of nitrogens with zero attached hydrogens (tertiary/aromatic N) is 1. The molecule has 2 rings (SSSR count). The van der Waals surface area contributed by atoms with Crippen molar-refractivity contribution in [2.45, 2.75) is 12.3 Å². The summed E-state index contributed by atoms with van der Waals surface area (Å²) in [4.78, 5) is 23.7. The first-order valence-electron chi connectivity index (χ1n) is 5.27. The Morgan fingerprint density at radius 1 is 1.47 bits per heavy atom. The van der Waals surface area contributed by atoms with Gasteiger partial charge in [0.1, 0.15) is 11.9 Å². The Labute approximate surface area is 104 Å². The molecule has 1 aromatic rings. The molecule has 5 heteroatoms. The molecule has 0 radical (unpaired) electrons. The molecule has 1 aromatic carbocycles. The first-order valence-corrected chi connectivity index (χ1v) is 6.32. The van der Waals surface area contributed by atoms with Crippen LogP contribution in [0, 0.1) is 6.92 Å². The molecular formula is C12H13NO3S. The van der Waals surface area contributed by atoms with Gasteiger partial charge in [0.05, 0.1) is 5.75 Å². The normalized spacial score (nSPS) is 19.7. The topological polar surface area (TPSA) is 57.6 Å². The number of carboxylic acids is 1. The SMILES string of the molecule is Cc1ccc(C2SCC(=O)N2CC(=O)O)cc1. The summed E-state index contributed by atoms with van der Waals surface area (Å²) in [6, 6.07) is 7.83. The third-order valence-electron chi connectivity index (χ3n) is 2.64. The summed E-state index contributed by atoms with van der Waals surface area (Å²) in [5.41, 5.74) is 2.13. The van der Waals surface area contributed by atoms with Crippen LogP contribution in [0.15, 0.2) is 24.3 Å². The monoisotopic (exact) mass is 251 g/mol. The maximum atomic E-state index is 11.6. The van der Waals surface area contributed by atoms with Crippen LogP contribution in [0.1, 0.15) is 16.5 Å². The summed E-state index contributed by atoms with van der Waals surface area (Å²) in [5, 5.41) is 8.63. The molecule has 1 aliphatic rings. The van der Waals surface area contributed by atoms with Crippen LogP contribution in [0.25, 0.3) is 0 Å². The molecule has 0 bridgehead atoms. The van der Waals surface area contributed by atoms with E-state index < -0.39 is 5.97 Å². The zero-order valence-corrected chi connectivity index (χ0v) is 10.2. The van der Waals surface area contributed by atoms with E-state index in [9.17, 15) is 9.59 Å². The molecule has 17 heavy (non-hydrogen) atoms. The number of carbonyl (C=O) groups is 2. The minimum absolute atomic E-state index is 0.108. The predicted octanol–water partition coefficient (Wildman–Crippen LogP) is 1.65. The van der Waals surface area contributed by atoms with Crippen molar-refractivity contribution in [3.05, 3.63) is 35.4 Å².